The van der Waals surface area contributed by atoms with Crippen LogP contribution >= 0.6 is 0 Å². The number of nitrogens with zero attached hydrogens (tertiary/aromatic N) is 2. The van der Waals surface area contributed by atoms with Crippen molar-refractivity contribution in [3.8, 4) is 12.1 Å². The number of rotatable bonds is 3. The Hall–Kier alpha value is -3.30. The number of allylic oxidation sites excluding steroid dienone is 1. The van der Waals surface area contributed by atoms with E-state index in [9.17, 15) is 0 Å². The third-order valence-electron chi connectivity index (χ3n) is 2.89. The van der Waals surface area contributed by atoms with Crippen LogP contribution in [-0.2, 0) is 0 Å². The molecule has 0 spiro atoms. The largest absolute Gasteiger partial charge is 0.399 e. The highest BCUT2D eigenvalue weighted by Gasteiger charge is 1.94. The monoisotopic (exact) mass is 271 g/mol. The smallest absolute Gasteiger partial charge is 0.130 e. The van der Waals surface area contributed by atoms with Crippen molar-refractivity contribution in [1.29, 1.82) is 10.5 Å². The highest BCUT2D eigenvalue weighted by Crippen LogP contribution is 2.13. The minimum atomic E-state index is 0.0974. The maximum Gasteiger partial charge on any atom is 0.130 e. The lowest BCUT2D eigenvalue weighted by Gasteiger charge is -1.97. The van der Waals surface area contributed by atoms with Crippen LogP contribution in [0.25, 0.3) is 18.2 Å². The summed E-state index contributed by atoms with van der Waals surface area (Å²) in [6.07, 6.45) is 5.56. The lowest BCUT2D eigenvalue weighted by molar-refractivity contribution is 1.47. The Morgan fingerprint density at radius 1 is 0.762 bits per heavy atom. The number of hydrogen-bond acceptors (Lipinski definition) is 3. The first-order valence-corrected chi connectivity index (χ1v) is 6.37. The number of benzene rings is 2. The average molecular weight is 271 g/mol. The molecule has 0 saturated carbocycles. The van der Waals surface area contributed by atoms with Gasteiger partial charge in [-0.1, -0.05) is 48.6 Å². The lowest BCUT2D eigenvalue weighted by Crippen LogP contribution is -1.82. The second-order valence-electron chi connectivity index (χ2n) is 4.45. The zero-order valence-corrected chi connectivity index (χ0v) is 11.3. The Balaban J connectivity index is 2.13. The molecule has 100 valence electrons. The minimum Gasteiger partial charge on any atom is -0.399 e. The highest BCUT2D eigenvalue weighted by molar-refractivity contribution is 5.71. The molecule has 0 aromatic heterocycles. The van der Waals surface area contributed by atoms with E-state index >= 15 is 0 Å². The van der Waals surface area contributed by atoms with Crippen molar-refractivity contribution in [2.75, 3.05) is 5.73 Å². The van der Waals surface area contributed by atoms with Gasteiger partial charge in [-0.05, 0) is 34.9 Å². The SMILES string of the molecule is N#CC(C#N)=Cc1ccc(C=Cc2ccc(N)cc2)cc1. The predicted octanol–water partition coefficient (Wildman–Crippen LogP) is 3.87. The highest BCUT2D eigenvalue weighted by atomic mass is 14.5. The molecular weight excluding hydrogens is 258 g/mol. The zero-order chi connectivity index (χ0) is 15.1. The molecule has 2 aromatic rings. The first-order chi connectivity index (χ1) is 10.2. The summed E-state index contributed by atoms with van der Waals surface area (Å²) < 4.78 is 0. The third-order valence-corrected chi connectivity index (χ3v) is 2.89. The van der Waals surface area contributed by atoms with E-state index in [1.54, 1.807) is 6.08 Å². The summed E-state index contributed by atoms with van der Waals surface area (Å²) >= 11 is 0. The third kappa shape index (κ3) is 4.09. The van der Waals surface area contributed by atoms with Gasteiger partial charge in [0, 0.05) is 5.69 Å². The number of nitriles is 2. The molecule has 0 fully saturated rings. The van der Waals surface area contributed by atoms with E-state index in [0.29, 0.717) is 0 Å². The van der Waals surface area contributed by atoms with Crippen molar-refractivity contribution in [3.63, 3.8) is 0 Å². The molecule has 0 aliphatic rings. The molecule has 2 aromatic carbocycles. The molecule has 2 N–H and O–H groups in total. The van der Waals surface area contributed by atoms with Crippen LogP contribution in [0.2, 0.25) is 0 Å². The van der Waals surface area contributed by atoms with Crippen molar-refractivity contribution in [3.05, 3.63) is 70.8 Å². The van der Waals surface area contributed by atoms with E-state index in [1.807, 2.05) is 72.8 Å². The van der Waals surface area contributed by atoms with E-state index < -0.39 is 0 Å². The Labute approximate surface area is 123 Å². The number of anilines is 1. The average Bonchev–Trinajstić information content (AvgIpc) is 2.53. The molecule has 0 radical (unpaired) electrons. The van der Waals surface area contributed by atoms with E-state index in [4.69, 9.17) is 16.3 Å². The summed E-state index contributed by atoms with van der Waals surface area (Å²) in [6, 6.07) is 18.9. The van der Waals surface area contributed by atoms with Crippen molar-refractivity contribution in [2.24, 2.45) is 0 Å². The number of nitrogens with two attached hydrogens (primary N) is 1. The van der Waals surface area contributed by atoms with Gasteiger partial charge in [-0.25, -0.2) is 0 Å². The van der Waals surface area contributed by atoms with Crippen LogP contribution < -0.4 is 5.73 Å². The molecular formula is C18H13N3. The second-order valence-corrected chi connectivity index (χ2v) is 4.45. The van der Waals surface area contributed by atoms with Crippen LogP contribution in [0, 0.1) is 22.7 Å². The van der Waals surface area contributed by atoms with E-state index in [1.165, 1.54) is 0 Å². The fraction of sp³-hybridized carbons (Fsp3) is 0. The van der Waals surface area contributed by atoms with Crippen molar-refractivity contribution >= 4 is 23.9 Å². The predicted molar refractivity (Wildman–Crippen MR) is 85.4 cm³/mol. The van der Waals surface area contributed by atoms with Crippen molar-refractivity contribution in [1.82, 2.24) is 0 Å². The summed E-state index contributed by atoms with van der Waals surface area (Å²) in [6.45, 7) is 0. The fourth-order valence-electron chi connectivity index (χ4n) is 1.76. The Kier molecular flexibility index (Phi) is 4.54. The molecule has 0 atom stereocenters. The quantitative estimate of drug-likeness (QED) is 0.523. The van der Waals surface area contributed by atoms with Gasteiger partial charge in [0.15, 0.2) is 0 Å². The van der Waals surface area contributed by atoms with E-state index in [2.05, 4.69) is 0 Å². The molecule has 0 bridgehead atoms. The lowest BCUT2D eigenvalue weighted by atomic mass is 10.1. The summed E-state index contributed by atoms with van der Waals surface area (Å²) in [5.74, 6) is 0. The Morgan fingerprint density at radius 3 is 1.67 bits per heavy atom. The molecule has 0 aliphatic heterocycles. The standard InChI is InChI=1S/C18H13N3/c19-12-17(13-20)11-16-5-3-14(4-6-16)1-2-15-7-9-18(21)10-8-15/h1-11H,21H2. The van der Waals surface area contributed by atoms with Gasteiger partial charge in [0.05, 0.1) is 0 Å². The first kappa shape index (κ1) is 14.1. The van der Waals surface area contributed by atoms with Crippen LogP contribution in [0.5, 0.6) is 0 Å². The van der Waals surface area contributed by atoms with Gasteiger partial charge in [-0.3, -0.25) is 0 Å². The van der Waals surface area contributed by atoms with Gasteiger partial charge >= 0.3 is 0 Å². The van der Waals surface area contributed by atoms with E-state index in [0.717, 1.165) is 22.4 Å². The maximum absolute atomic E-state index is 8.71. The van der Waals surface area contributed by atoms with E-state index in [-0.39, 0.29) is 5.57 Å². The van der Waals surface area contributed by atoms with Crippen LogP contribution in [0.1, 0.15) is 16.7 Å². The molecule has 0 aliphatic carbocycles. The Bertz CT molecular complexity index is 736. The molecule has 0 amide bonds. The molecule has 3 nitrogen and oxygen atoms in total. The number of hydrogen-bond donors (Lipinski definition) is 1. The van der Waals surface area contributed by atoms with Crippen LogP contribution in [-0.4, -0.2) is 0 Å². The molecule has 0 saturated heterocycles. The second kappa shape index (κ2) is 6.75. The summed E-state index contributed by atoms with van der Waals surface area (Å²) in [5, 5.41) is 17.4. The number of nitrogen functional groups attached to an aromatic ring is 1. The zero-order valence-electron chi connectivity index (χ0n) is 11.3. The molecule has 0 heterocycles. The molecule has 21 heavy (non-hydrogen) atoms. The Morgan fingerprint density at radius 2 is 1.19 bits per heavy atom. The summed E-state index contributed by atoms with van der Waals surface area (Å²) in [7, 11) is 0. The maximum atomic E-state index is 8.71. The molecule has 3 heteroatoms. The van der Waals surface area contributed by atoms with Crippen LogP contribution in [0.4, 0.5) is 5.69 Å². The van der Waals surface area contributed by atoms with Gasteiger partial charge in [0.2, 0.25) is 0 Å². The minimum absolute atomic E-state index is 0.0974. The summed E-state index contributed by atoms with van der Waals surface area (Å²) in [5.41, 5.74) is 9.43. The van der Waals surface area contributed by atoms with Crippen molar-refractivity contribution in [2.45, 2.75) is 0 Å². The normalized spacial score (nSPS) is 9.81. The topological polar surface area (TPSA) is 73.6 Å². The fourth-order valence-corrected chi connectivity index (χ4v) is 1.76. The van der Waals surface area contributed by atoms with Crippen LogP contribution in [0.3, 0.4) is 0 Å². The summed E-state index contributed by atoms with van der Waals surface area (Å²) in [4.78, 5) is 0. The molecule has 2 rings (SSSR count). The first-order valence-electron chi connectivity index (χ1n) is 6.37. The van der Waals surface area contributed by atoms with Gasteiger partial charge in [0.1, 0.15) is 17.7 Å². The van der Waals surface area contributed by atoms with Gasteiger partial charge < -0.3 is 5.73 Å². The van der Waals surface area contributed by atoms with Crippen molar-refractivity contribution < 1.29 is 0 Å². The van der Waals surface area contributed by atoms with Gasteiger partial charge in [-0.2, -0.15) is 10.5 Å². The molecule has 0 unspecified atom stereocenters. The van der Waals surface area contributed by atoms with Gasteiger partial charge in [-0.15, -0.1) is 0 Å². The van der Waals surface area contributed by atoms with Gasteiger partial charge in [0.25, 0.3) is 0 Å². The van der Waals surface area contributed by atoms with Crippen LogP contribution in [0.15, 0.2) is 54.1 Å².